The molecule has 9 nitrogen and oxygen atoms in total. The maximum absolute atomic E-state index is 14.6. The molecule has 0 unspecified atom stereocenters. The quantitative estimate of drug-likeness (QED) is 0.554. The van der Waals surface area contributed by atoms with Gasteiger partial charge in [-0.3, -0.25) is 0 Å². The van der Waals surface area contributed by atoms with Crippen LogP contribution in [0, 0.1) is 5.82 Å². The van der Waals surface area contributed by atoms with E-state index in [1.54, 1.807) is 26.8 Å². The third kappa shape index (κ3) is 5.14. The van der Waals surface area contributed by atoms with Crippen LogP contribution in [0.2, 0.25) is 0 Å². The molecule has 1 N–H and O–H groups in total. The predicted octanol–water partition coefficient (Wildman–Crippen LogP) is 3.57. The van der Waals surface area contributed by atoms with Gasteiger partial charge < -0.3 is 14.7 Å². The third-order valence-corrected chi connectivity index (χ3v) is 6.65. The van der Waals surface area contributed by atoms with Gasteiger partial charge in [-0.15, -0.1) is 0 Å². The number of hydrogen-bond donors (Lipinski definition) is 1. The number of amides is 1. The van der Waals surface area contributed by atoms with Crippen LogP contribution in [0.1, 0.15) is 26.5 Å². The van der Waals surface area contributed by atoms with Gasteiger partial charge in [-0.05, 0) is 45.0 Å². The van der Waals surface area contributed by atoms with E-state index in [0.29, 0.717) is 5.69 Å². The molecule has 0 aliphatic rings. The van der Waals surface area contributed by atoms with Gasteiger partial charge in [-0.25, -0.2) is 27.3 Å². The summed E-state index contributed by atoms with van der Waals surface area (Å²) in [4.78, 5) is 16.7. The molecule has 1 amide bonds. The molecule has 0 radical (unpaired) electrons. The molecule has 0 fully saturated rings. The number of ether oxygens (including phenoxy) is 1. The standard InChI is InChI=1S/C22H25FN4O5S/c1-22(2,3)26(21(28)29)12-11-15-13-20(27(25-15)18-8-6-5-7-17(18)23)33(30,31)16-9-10-19(32-4)24-14-16/h5-10,13-14H,11-12H2,1-4H3,(H,28,29). The highest BCUT2D eigenvalue weighted by Gasteiger charge is 2.29. The molecular formula is C22H25FN4O5S. The lowest BCUT2D eigenvalue weighted by atomic mass is 10.1. The fraction of sp³-hybridized carbons (Fsp3) is 0.318. The normalized spacial score (nSPS) is 11.9. The Bertz CT molecular complexity index is 1250. The average Bonchev–Trinajstić information content (AvgIpc) is 3.18. The van der Waals surface area contributed by atoms with Crippen molar-refractivity contribution < 1.29 is 27.4 Å². The van der Waals surface area contributed by atoms with E-state index in [0.717, 1.165) is 10.9 Å². The summed E-state index contributed by atoms with van der Waals surface area (Å²) in [6.07, 6.45) is 0.181. The number of carboxylic acid groups (broad SMARTS) is 1. The summed E-state index contributed by atoms with van der Waals surface area (Å²) in [7, 11) is -2.73. The lowest BCUT2D eigenvalue weighted by molar-refractivity contribution is 0.101. The van der Waals surface area contributed by atoms with Gasteiger partial charge in [0.2, 0.25) is 15.7 Å². The molecule has 2 aromatic heterocycles. The summed E-state index contributed by atoms with van der Waals surface area (Å²) in [5.41, 5.74) is -0.410. The van der Waals surface area contributed by atoms with Crippen molar-refractivity contribution in [1.29, 1.82) is 0 Å². The predicted molar refractivity (Wildman–Crippen MR) is 118 cm³/mol. The monoisotopic (exact) mass is 476 g/mol. The second-order valence-corrected chi connectivity index (χ2v) is 10.1. The lowest BCUT2D eigenvalue weighted by Crippen LogP contribution is -2.45. The van der Waals surface area contributed by atoms with Crippen molar-refractivity contribution in [3.05, 3.63) is 60.2 Å². The molecule has 33 heavy (non-hydrogen) atoms. The molecule has 11 heteroatoms. The molecular weight excluding hydrogens is 451 g/mol. The van der Waals surface area contributed by atoms with E-state index in [-0.39, 0.29) is 34.5 Å². The number of benzene rings is 1. The molecule has 0 saturated heterocycles. The van der Waals surface area contributed by atoms with Gasteiger partial charge in [0.1, 0.15) is 11.5 Å². The summed E-state index contributed by atoms with van der Waals surface area (Å²) in [5, 5.41) is 13.6. The number of sulfone groups is 1. The van der Waals surface area contributed by atoms with Crippen LogP contribution in [0.25, 0.3) is 5.69 Å². The smallest absolute Gasteiger partial charge is 0.407 e. The number of carbonyl (C=O) groups is 1. The molecule has 0 bridgehead atoms. The van der Waals surface area contributed by atoms with Gasteiger partial charge in [-0.1, -0.05) is 12.1 Å². The number of hydrogen-bond acceptors (Lipinski definition) is 6. The summed E-state index contributed by atoms with van der Waals surface area (Å²) in [5.74, 6) is -0.411. The molecule has 3 aromatic rings. The summed E-state index contributed by atoms with van der Waals surface area (Å²) in [6, 6.07) is 9.74. The van der Waals surface area contributed by atoms with Gasteiger partial charge in [0.25, 0.3) is 0 Å². The van der Waals surface area contributed by atoms with Crippen molar-refractivity contribution in [2.24, 2.45) is 0 Å². The minimum absolute atomic E-state index is 0.0466. The Morgan fingerprint density at radius 3 is 2.45 bits per heavy atom. The van der Waals surface area contributed by atoms with Gasteiger partial charge in [0.05, 0.1) is 17.7 Å². The van der Waals surface area contributed by atoms with Crippen LogP contribution in [0.4, 0.5) is 9.18 Å². The van der Waals surface area contributed by atoms with E-state index >= 15 is 0 Å². The van der Waals surface area contributed by atoms with E-state index in [4.69, 9.17) is 4.74 Å². The zero-order chi connectivity index (χ0) is 24.4. The number of nitrogens with zero attached hydrogens (tertiary/aromatic N) is 4. The van der Waals surface area contributed by atoms with Crippen LogP contribution in [0.3, 0.4) is 0 Å². The van der Waals surface area contributed by atoms with Crippen LogP contribution in [-0.2, 0) is 16.3 Å². The van der Waals surface area contributed by atoms with Crippen LogP contribution in [0.15, 0.2) is 58.6 Å². The Labute approximate surface area is 191 Å². The fourth-order valence-corrected chi connectivity index (χ4v) is 4.57. The molecule has 3 rings (SSSR count). The first-order chi connectivity index (χ1) is 15.4. The Balaban J connectivity index is 2.07. The van der Waals surface area contributed by atoms with Gasteiger partial charge in [0.15, 0.2) is 5.03 Å². The maximum Gasteiger partial charge on any atom is 0.407 e. The second-order valence-electron chi connectivity index (χ2n) is 8.23. The number of pyridine rings is 1. The summed E-state index contributed by atoms with van der Waals surface area (Å²) < 4.78 is 47.3. The minimum atomic E-state index is -4.14. The molecule has 1 aromatic carbocycles. The van der Waals surface area contributed by atoms with Crippen LogP contribution in [0.5, 0.6) is 5.88 Å². The first-order valence-electron chi connectivity index (χ1n) is 10.0. The summed E-state index contributed by atoms with van der Waals surface area (Å²) in [6.45, 7) is 5.35. The van der Waals surface area contributed by atoms with E-state index in [1.807, 2.05) is 0 Å². The highest BCUT2D eigenvalue weighted by Crippen LogP contribution is 2.26. The number of halogens is 1. The van der Waals surface area contributed by atoms with E-state index in [9.17, 15) is 22.7 Å². The zero-order valence-electron chi connectivity index (χ0n) is 18.7. The Morgan fingerprint density at radius 1 is 1.21 bits per heavy atom. The maximum atomic E-state index is 14.6. The number of rotatable bonds is 7. The van der Waals surface area contributed by atoms with Crippen LogP contribution >= 0.6 is 0 Å². The van der Waals surface area contributed by atoms with Crippen molar-refractivity contribution in [1.82, 2.24) is 19.7 Å². The van der Waals surface area contributed by atoms with Crippen molar-refractivity contribution in [3.63, 3.8) is 0 Å². The van der Waals surface area contributed by atoms with Gasteiger partial charge in [0, 0.05) is 30.8 Å². The molecule has 0 aliphatic heterocycles. The molecule has 0 aliphatic carbocycles. The topological polar surface area (TPSA) is 115 Å². The zero-order valence-corrected chi connectivity index (χ0v) is 19.5. The Kier molecular flexibility index (Phi) is 6.73. The van der Waals surface area contributed by atoms with Crippen molar-refractivity contribution in [3.8, 4) is 11.6 Å². The fourth-order valence-electron chi connectivity index (χ4n) is 3.23. The molecule has 0 spiro atoms. The average molecular weight is 477 g/mol. The molecule has 0 atom stereocenters. The summed E-state index contributed by atoms with van der Waals surface area (Å²) >= 11 is 0. The third-order valence-electron chi connectivity index (χ3n) is 4.94. The highest BCUT2D eigenvalue weighted by molar-refractivity contribution is 7.91. The molecule has 2 heterocycles. The molecule has 0 saturated carbocycles. The van der Waals surface area contributed by atoms with Gasteiger partial charge >= 0.3 is 6.09 Å². The van der Waals surface area contributed by atoms with Gasteiger partial charge in [-0.2, -0.15) is 5.10 Å². The largest absolute Gasteiger partial charge is 0.481 e. The van der Waals surface area contributed by atoms with E-state index in [2.05, 4.69) is 10.1 Å². The van der Waals surface area contributed by atoms with Crippen LogP contribution in [-0.4, -0.2) is 58.5 Å². The van der Waals surface area contributed by atoms with E-state index in [1.165, 1.54) is 48.4 Å². The Morgan fingerprint density at radius 2 is 1.91 bits per heavy atom. The number of methoxy groups -OCH3 is 1. The van der Waals surface area contributed by atoms with Crippen molar-refractivity contribution in [2.45, 2.75) is 42.7 Å². The van der Waals surface area contributed by atoms with Crippen molar-refractivity contribution in [2.75, 3.05) is 13.7 Å². The first kappa shape index (κ1) is 24.2. The lowest BCUT2D eigenvalue weighted by Gasteiger charge is -2.32. The van der Waals surface area contributed by atoms with E-state index < -0.39 is 27.3 Å². The van der Waals surface area contributed by atoms with Crippen molar-refractivity contribution >= 4 is 15.9 Å². The molecule has 176 valence electrons. The highest BCUT2D eigenvalue weighted by atomic mass is 32.2. The first-order valence-corrected chi connectivity index (χ1v) is 11.5. The van der Waals surface area contributed by atoms with Crippen LogP contribution < -0.4 is 4.74 Å². The SMILES string of the molecule is COc1ccc(S(=O)(=O)c2cc(CCN(C(=O)O)C(C)(C)C)nn2-c2ccccc2F)cn1. The second kappa shape index (κ2) is 9.18. The Hall–Kier alpha value is -3.47. The minimum Gasteiger partial charge on any atom is -0.481 e. The number of para-hydroxylation sites is 1. The number of aromatic nitrogens is 3.